The highest BCUT2D eigenvalue weighted by Gasteiger charge is 2.22. The minimum atomic E-state index is -1.31. The minimum Gasteiger partial charge on any atom is -0.497 e. The number of ether oxygens (including phenoxy) is 2. The number of hydrogen-bond donors (Lipinski definition) is 0. The van der Waals surface area contributed by atoms with Gasteiger partial charge in [-0.1, -0.05) is 0 Å². The van der Waals surface area contributed by atoms with E-state index in [2.05, 4.69) is 4.98 Å². The van der Waals surface area contributed by atoms with Crippen LogP contribution < -0.4 is 9.47 Å². The first-order valence-corrected chi connectivity index (χ1v) is 11.5. The fourth-order valence-corrected chi connectivity index (χ4v) is 5.03. The molecule has 0 N–H and O–H groups in total. The van der Waals surface area contributed by atoms with E-state index in [4.69, 9.17) is 9.47 Å². The van der Waals surface area contributed by atoms with Crippen LogP contribution in [0.15, 0.2) is 23.6 Å². The number of rotatable bonds is 9. The van der Waals surface area contributed by atoms with E-state index in [-0.39, 0.29) is 29.5 Å². The zero-order valence-corrected chi connectivity index (χ0v) is 18.9. The van der Waals surface area contributed by atoms with Crippen molar-refractivity contribution >= 4 is 28.0 Å². The standard InChI is InChI=1S/C20H28N2O4S2/c1-13(2)22(14(3)4)19(23)12-28(24)11-15-10-27-20(21-15)17-8-7-16(25-5)9-18(17)26-6/h7-10,13-14H,11-12H2,1-6H3. The van der Waals surface area contributed by atoms with Crippen LogP contribution in [-0.4, -0.2) is 52.1 Å². The first-order valence-electron chi connectivity index (χ1n) is 9.09. The van der Waals surface area contributed by atoms with Crippen molar-refractivity contribution in [2.24, 2.45) is 0 Å². The number of thiazole rings is 1. The molecule has 1 amide bonds. The Balaban J connectivity index is 2.09. The molecular formula is C20H28N2O4S2. The lowest BCUT2D eigenvalue weighted by atomic mass is 10.2. The Bertz CT molecular complexity index is 825. The molecule has 1 aromatic carbocycles. The normalized spacial score (nSPS) is 12.3. The average molecular weight is 425 g/mol. The lowest BCUT2D eigenvalue weighted by Gasteiger charge is -2.30. The molecule has 28 heavy (non-hydrogen) atoms. The Labute approximate surface area is 173 Å². The maximum atomic E-state index is 12.5. The predicted molar refractivity (Wildman–Crippen MR) is 114 cm³/mol. The van der Waals surface area contributed by atoms with Crippen LogP contribution >= 0.6 is 11.3 Å². The number of methoxy groups -OCH3 is 2. The number of benzene rings is 1. The number of carbonyl (C=O) groups excluding carboxylic acids is 1. The molecule has 1 aromatic heterocycles. The number of amides is 1. The van der Waals surface area contributed by atoms with Crippen LogP contribution in [0.1, 0.15) is 33.4 Å². The van der Waals surface area contributed by atoms with E-state index in [0.29, 0.717) is 17.2 Å². The van der Waals surface area contributed by atoms with E-state index in [1.54, 1.807) is 25.2 Å². The van der Waals surface area contributed by atoms with Gasteiger partial charge < -0.3 is 14.4 Å². The first-order chi connectivity index (χ1) is 13.3. The van der Waals surface area contributed by atoms with E-state index in [0.717, 1.165) is 10.6 Å². The molecule has 0 saturated carbocycles. The molecule has 0 spiro atoms. The van der Waals surface area contributed by atoms with Crippen LogP contribution in [0.5, 0.6) is 11.5 Å². The van der Waals surface area contributed by atoms with Crippen LogP contribution in [0.3, 0.4) is 0 Å². The predicted octanol–water partition coefficient (Wildman–Crippen LogP) is 3.72. The summed E-state index contributed by atoms with van der Waals surface area (Å²) in [4.78, 5) is 18.8. The van der Waals surface area contributed by atoms with Crippen molar-refractivity contribution in [3.8, 4) is 22.1 Å². The SMILES string of the molecule is COc1ccc(-c2nc(CS(=O)CC(=O)N(C(C)C)C(C)C)cs2)c(OC)c1. The second-order valence-electron chi connectivity index (χ2n) is 6.93. The minimum absolute atomic E-state index is 0.00900. The van der Waals surface area contributed by atoms with E-state index in [1.165, 1.54) is 11.3 Å². The summed E-state index contributed by atoms with van der Waals surface area (Å²) in [6, 6.07) is 5.71. The molecule has 154 valence electrons. The molecule has 2 aromatic rings. The van der Waals surface area contributed by atoms with Gasteiger partial charge in [-0.3, -0.25) is 9.00 Å². The second kappa shape index (κ2) is 10.0. The van der Waals surface area contributed by atoms with Crippen molar-refractivity contribution in [1.29, 1.82) is 0 Å². The summed E-state index contributed by atoms with van der Waals surface area (Å²) in [5.74, 6) is 1.55. The summed E-state index contributed by atoms with van der Waals surface area (Å²) in [6.07, 6.45) is 0. The van der Waals surface area contributed by atoms with Crippen molar-refractivity contribution in [1.82, 2.24) is 9.88 Å². The maximum absolute atomic E-state index is 12.5. The third kappa shape index (κ3) is 5.54. The molecule has 0 saturated heterocycles. The third-order valence-electron chi connectivity index (χ3n) is 4.18. The topological polar surface area (TPSA) is 68.7 Å². The zero-order chi connectivity index (χ0) is 20.8. The highest BCUT2D eigenvalue weighted by Crippen LogP contribution is 2.35. The van der Waals surface area contributed by atoms with Gasteiger partial charge in [0.1, 0.15) is 22.3 Å². The van der Waals surface area contributed by atoms with Crippen LogP contribution in [0.25, 0.3) is 10.6 Å². The van der Waals surface area contributed by atoms with Gasteiger partial charge >= 0.3 is 0 Å². The molecule has 2 rings (SSSR count). The van der Waals surface area contributed by atoms with Crippen molar-refractivity contribution < 1.29 is 18.5 Å². The van der Waals surface area contributed by atoms with Gasteiger partial charge in [0.25, 0.3) is 0 Å². The summed E-state index contributed by atoms with van der Waals surface area (Å²) < 4.78 is 23.2. The maximum Gasteiger partial charge on any atom is 0.235 e. The third-order valence-corrected chi connectivity index (χ3v) is 6.30. The van der Waals surface area contributed by atoms with Crippen LogP contribution in [-0.2, 0) is 21.3 Å². The molecule has 1 heterocycles. The Morgan fingerprint density at radius 3 is 2.43 bits per heavy atom. The number of aromatic nitrogens is 1. The molecular weight excluding hydrogens is 396 g/mol. The van der Waals surface area contributed by atoms with Gasteiger partial charge in [-0.2, -0.15) is 0 Å². The Hall–Kier alpha value is -1.93. The Morgan fingerprint density at radius 2 is 1.86 bits per heavy atom. The monoisotopic (exact) mass is 424 g/mol. The van der Waals surface area contributed by atoms with Crippen LogP contribution in [0.4, 0.5) is 0 Å². The fourth-order valence-electron chi connectivity index (χ4n) is 3.07. The van der Waals surface area contributed by atoms with Gasteiger partial charge in [0, 0.05) is 34.3 Å². The summed E-state index contributed by atoms with van der Waals surface area (Å²) in [5, 5.41) is 2.66. The molecule has 0 aliphatic rings. The van der Waals surface area contributed by atoms with Crippen LogP contribution in [0, 0.1) is 0 Å². The smallest absolute Gasteiger partial charge is 0.235 e. The Morgan fingerprint density at radius 1 is 1.18 bits per heavy atom. The molecule has 0 fully saturated rings. The summed E-state index contributed by atoms with van der Waals surface area (Å²) >= 11 is 1.46. The van der Waals surface area contributed by atoms with Gasteiger partial charge in [-0.25, -0.2) is 4.98 Å². The van der Waals surface area contributed by atoms with Crippen LogP contribution in [0.2, 0.25) is 0 Å². The molecule has 8 heteroatoms. The van der Waals surface area contributed by atoms with Crippen molar-refractivity contribution in [2.75, 3.05) is 20.0 Å². The van der Waals surface area contributed by atoms with Gasteiger partial charge in [0.2, 0.25) is 5.91 Å². The molecule has 0 aliphatic heterocycles. The number of hydrogen-bond acceptors (Lipinski definition) is 6. The van der Waals surface area contributed by atoms with E-state index < -0.39 is 10.8 Å². The van der Waals surface area contributed by atoms with Crippen molar-refractivity contribution in [2.45, 2.75) is 45.5 Å². The van der Waals surface area contributed by atoms with E-state index in [9.17, 15) is 9.00 Å². The van der Waals surface area contributed by atoms with Gasteiger partial charge in [0.05, 0.1) is 31.2 Å². The number of carbonyl (C=O) groups is 1. The lowest BCUT2D eigenvalue weighted by molar-refractivity contribution is -0.131. The quantitative estimate of drug-likeness (QED) is 0.614. The molecule has 1 unspecified atom stereocenters. The zero-order valence-electron chi connectivity index (χ0n) is 17.2. The summed E-state index contributed by atoms with van der Waals surface area (Å²) in [7, 11) is 1.89. The lowest BCUT2D eigenvalue weighted by Crippen LogP contribution is -2.44. The molecule has 0 radical (unpaired) electrons. The fraction of sp³-hybridized carbons (Fsp3) is 0.500. The molecule has 0 aliphatic carbocycles. The van der Waals surface area contributed by atoms with Gasteiger partial charge in [-0.05, 0) is 39.8 Å². The Kier molecular flexibility index (Phi) is 8.00. The molecule has 0 bridgehead atoms. The van der Waals surface area contributed by atoms with E-state index >= 15 is 0 Å². The second-order valence-corrected chi connectivity index (χ2v) is 9.24. The van der Waals surface area contributed by atoms with Crippen molar-refractivity contribution in [3.05, 3.63) is 29.3 Å². The molecule has 6 nitrogen and oxygen atoms in total. The highest BCUT2D eigenvalue weighted by atomic mass is 32.2. The van der Waals surface area contributed by atoms with Gasteiger partial charge in [-0.15, -0.1) is 11.3 Å². The molecule has 1 atom stereocenters. The van der Waals surface area contributed by atoms with Gasteiger partial charge in [0.15, 0.2) is 0 Å². The average Bonchev–Trinajstić information content (AvgIpc) is 3.08. The first kappa shape index (κ1) is 22.4. The summed E-state index contributed by atoms with van der Waals surface area (Å²) in [5.41, 5.74) is 1.57. The summed E-state index contributed by atoms with van der Waals surface area (Å²) in [6.45, 7) is 7.87. The highest BCUT2D eigenvalue weighted by molar-refractivity contribution is 7.84. The van der Waals surface area contributed by atoms with Crippen molar-refractivity contribution in [3.63, 3.8) is 0 Å². The van der Waals surface area contributed by atoms with E-state index in [1.807, 2.05) is 45.2 Å². The number of nitrogens with zero attached hydrogens (tertiary/aromatic N) is 2. The largest absolute Gasteiger partial charge is 0.497 e.